The molecule has 1 aliphatic rings. The molecule has 1 saturated heterocycles. The number of nitrogens with zero attached hydrogens (tertiary/aromatic N) is 1. The van der Waals surface area contributed by atoms with Crippen molar-refractivity contribution in [3.05, 3.63) is 24.3 Å². The summed E-state index contributed by atoms with van der Waals surface area (Å²) in [4.78, 5) is 15.4. The van der Waals surface area contributed by atoms with E-state index in [1.165, 1.54) is 11.8 Å². The van der Waals surface area contributed by atoms with Crippen LogP contribution in [0.4, 0.5) is 0 Å². The molecule has 0 aliphatic carbocycles. The Hall–Kier alpha value is -1.05. The number of carbonyl (C=O) groups is 1. The second-order valence-corrected chi connectivity index (χ2v) is 9.58. The molecule has 2 atom stereocenters. The third kappa shape index (κ3) is 4.52. The van der Waals surface area contributed by atoms with Crippen molar-refractivity contribution in [1.29, 1.82) is 0 Å². The highest BCUT2D eigenvalue weighted by atomic mass is 32.2. The quantitative estimate of drug-likeness (QED) is 0.745. The molecule has 0 saturated carbocycles. The number of thioether (sulfide) groups is 1. The molecule has 0 bridgehead atoms. The van der Waals surface area contributed by atoms with E-state index in [1.54, 1.807) is 23.1 Å². The maximum atomic E-state index is 12.6. The second-order valence-electron chi connectivity index (χ2n) is 6.12. The van der Waals surface area contributed by atoms with E-state index in [-0.39, 0.29) is 23.0 Å². The van der Waals surface area contributed by atoms with Gasteiger partial charge in [-0.3, -0.25) is 4.79 Å². The number of benzene rings is 1. The number of carbonyl (C=O) groups excluding carboxylic acids is 1. The lowest BCUT2D eigenvalue weighted by atomic mass is 10.2. The predicted octanol–water partition coefficient (Wildman–Crippen LogP) is 2.17. The van der Waals surface area contributed by atoms with Crippen LogP contribution in [-0.4, -0.2) is 56.4 Å². The Morgan fingerprint density at radius 3 is 2.75 bits per heavy atom. The molecule has 1 aromatic rings. The summed E-state index contributed by atoms with van der Waals surface area (Å²) in [6.45, 7) is 5.45. The van der Waals surface area contributed by atoms with Crippen LogP contribution in [0.3, 0.4) is 0 Å². The number of rotatable bonds is 7. The largest absolute Gasteiger partial charge is 0.340 e. The number of likely N-dealkylation sites (N-methyl/N-ethyl adjacent to an activating group) is 1. The maximum absolute atomic E-state index is 12.6. The van der Waals surface area contributed by atoms with Gasteiger partial charge < -0.3 is 10.2 Å². The normalized spacial score (nSPS) is 19.2. The molecule has 5 nitrogen and oxygen atoms in total. The summed E-state index contributed by atoms with van der Waals surface area (Å²) in [6.07, 6.45) is 1.54. The maximum Gasteiger partial charge on any atom is 0.235 e. The van der Waals surface area contributed by atoms with E-state index in [1.807, 2.05) is 27.0 Å². The van der Waals surface area contributed by atoms with Crippen LogP contribution in [0.2, 0.25) is 0 Å². The Labute approximate surface area is 149 Å². The van der Waals surface area contributed by atoms with Gasteiger partial charge in [-0.1, -0.05) is 19.1 Å². The zero-order valence-corrected chi connectivity index (χ0v) is 16.1. The number of nitrogens with one attached hydrogen (secondary N) is 1. The molecular weight excluding hydrogens is 344 g/mol. The molecule has 0 spiro atoms. The van der Waals surface area contributed by atoms with Gasteiger partial charge in [0.1, 0.15) is 0 Å². The Bertz CT molecular complexity index is 670. The predicted molar refractivity (Wildman–Crippen MR) is 98.1 cm³/mol. The lowest BCUT2D eigenvalue weighted by Gasteiger charge is -2.26. The molecule has 0 aromatic heterocycles. The summed E-state index contributed by atoms with van der Waals surface area (Å²) in [7, 11) is -1.47. The molecule has 134 valence electrons. The van der Waals surface area contributed by atoms with Crippen LogP contribution in [0.25, 0.3) is 0 Å². The Kier molecular flexibility index (Phi) is 6.71. The fourth-order valence-corrected chi connectivity index (χ4v) is 5.79. The molecule has 1 fully saturated rings. The summed E-state index contributed by atoms with van der Waals surface area (Å²) < 4.78 is 24.9. The van der Waals surface area contributed by atoms with Crippen LogP contribution in [0.1, 0.15) is 26.7 Å². The summed E-state index contributed by atoms with van der Waals surface area (Å²) >= 11 is 1.33. The first-order valence-corrected chi connectivity index (χ1v) is 10.9. The highest BCUT2D eigenvalue weighted by Crippen LogP contribution is 2.31. The van der Waals surface area contributed by atoms with Crippen LogP contribution in [0, 0.1) is 0 Å². The molecule has 1 aromatic carbocycles. The van der Waals surface area contributed by atoms with E-state index in [9.17, 15) is 13.2 Å². The van der Waals surface area contributed by atoms with E-state index < -0.39 is 9.84 Å². The third-order valence-electron chi connectivity index (χ3n) is 4.24. The fraction of sp³-hybridized carbons (Fsp3) is 0.588. The monoisotopic (exact) mass is 370 g/mol. The van der Waals surface area contributed by atoms with Crippen molar-refractivity contribution in [1.82, 2.24) is 10.2 Å². The molecule has 1 aliphatic heterocycles. The third-order valence-corrected chi connectivity index (χ3v) is 7.50. The van der Waals surface area contributed by atoms with E-state index in [2.05, 4.69) is 5.32 Å². The minimum absolute atomic E-state index is 0.0383. The second kappa shape index (κ2) is 8.36. The number of amides is 1. The molecule has 1 heterocycles. The van der Waals surface area contributed by atoms with E-state index in [4.69, 9.17) is 0 Å². The minimum Gasteiger partial charge on any atom is -0.340 e. The number of sulfone groups is 1. The summed E-state index contributed by atoms with van der Waals surface area (Å²) in [5.74, 6) is 0.164. The lowest BCUT2D eigenvalue weighted by molar-refractivity contribution is -0.130. The highest BCUT2D eigenvalue weighted by molar-refractivity contribution is 8.01. The molecule has 1 amide bonds. The molecule has 2 unspecified atom stereocenters. The van der Waals surface area contributed by atoms with Gasteiger partial charge in [0, 0.05) is 24.5 Å². The lowest BCUT2D eigenvalue weighted by Crippen LogP contribution is -2.42. The van der Waals surface area contributed by atoms with Gasteiger partial charge in [0.15, 0.2) is 9.84 Å². The van der Waals surface area contributed by atoms with Gasteiger partial charge in [-0.2, -0.15) is 0 Å². The van der Waals surface area contributed by atoms with E-state index in [0.29, 0.717) is 16.2 Å². The fourth-order valence-electron chi connectivity index (χ4n) is 2.86. The zero-order chi connectivity index (χ0) is 17.7. The SMILES string of the molecule is CCCS(=O)(=O)c1ccccc1SC(C)C(=O)N(C)C1CCNC1. The average molecular weight is 371 g/mol. The Morgan fingerprint density at radius 2 is 2.12 bits per heavy atom. The van der Waals surface area contributed by atoms with Gasteiger partial charge in [0.2, 0.25) is 5.91 Å². The van der Waals surface area contributed by atoms with Crippen LogP contribution >= 0.6 is 11.8 Å². The molecule has 2 rings (SSSR count). The molecular formula is C17H26N2O3S2. The van der Waals surface area contributed by atoms with Gasteiger partial charge in [-0.05, 0) is 38.4 Å². The van der Waals surface area contributed by atoms with Gasteiger partial charge in [0.25, 0.3) is 0 Å². The van der Waals surface area contributed by atoms with Crippen molar-refractivity contribution >= 4 is 27.5 Å². The van der Waals surface area contributed by atoms with Gasteiger partial charge in [-0.25, -0.2) is 8.42 Å². The van der Waals surface area contributed by atoms with Crippen molar-refractivity contribution in [2.24, 2.45) is 0 Å². The molecule has 1 N–H and O–H groups in total. The van der Waals surface area contributed by atoms with Crippen molar-refractivity contribution in [2.45, 2.75) is 47.8 Å². The van der Waals surface area contributed by atoms with Crippen LogP contribution in [-0.2, 0) is 14.6 Å². The van der Waals surface area contributed by atoms with E-state index in [0.717, 1.165) is 19.5 Å². The van der Waals surface area contributed by atoms with Crippen molar-refractivity contribution in [3.63, 3.8) is 0 Å². The Morgan fingerprint density at radius 1 is 1.42 bits per heavy atom. The van der Waals surface area contributed by atoms with Gasteiger partial charge >= 0.3 is 0 Å². The Balaban J connectivity index is 2.14. The number of hydrogen-bond donors (Lipinski definition) is 1. The van der Waals surface area contributed by atoms with Gasteiger partial charge in [0.05, 0.1) is 15.9 Å². The van der Waals surface area contributed by atoms with Crippen LogP contribution in [0.15, 0.2) is 34.1 Å². The summed E-state index contributed by atoms with van der Waals surface area (Å²) in [6, 6.07) is 7.19. The molecule has 24 heavy (non-hydrogen) atoms. The van der Waals surface area contributed by atoms with Crippen molar-refractivity contribution in [3.8, 4) is 0 Å². The van der Waals surface area contributed by atoms with E-state index >= 15 is 0 Å². The first kappa shape index (κ1) is 19.3. The minimum atomic E-state index is -3.30. The summed E-state index contributed by atoms with van der Waals surface area (Å²) in [5, 5.41) is 2.93. The first-order valence-electron chi connectivity index (χ1n) is 8.32. The first-order chi connectivity index (χ1) is 11.4. The topological polar surface area (TPSA) is 66.5 Å². The van der Waals surface area contributed by atoms with Crippen molar-refractivity contribution < 1.29 is 13.2 Å². The zero-order valence-electron chi connectivity index (χ0n) is 14.5. The van der Waals surface area contributed by atoms with Crippen LogP contribution in [0.5, 0.6) is 0 Å². The smallest absolute Gasteiger partial charge is 0.235 e. The number of hydrogen-bond acceptors (Lipinski definition) is 5. The molecule has 7 heteroatoms. The average Bonchev–Trinajstić information content (AvgIpc) is 3.08. The van der Waals surface area contributed by atoms with Gasteiger partial charge in [-0.15, -0.1) is 11.8 Å². The van der Waals surface area contributed by atoms with Crippen molar-refractivity contribution in [2.75, 3.05) is 25.9 Å². The highest BCUT2D eigenvalue weighted by Gasteiger charge is 2.28. The standard InChI is InChI=1S/C17H26N2O3S2/c1-4-11-24(21,22)16-8-6-5-7-15(16)23-13(2)17(20)19(3)14-9-10-18-12-14/h5-8,13-14,18H,4,9-12H2,1-3H3. The van der Waals surface area contributed by atoms with Crippen LogP contribution < -0.4 is 5.32 Å². The molecule has 0 radical (unpaired) electrons. The summed E-state index contributed by atoms with van der Waals surface area (Å²) in [5.41, 5.74) is 0.